The molecule has 1 unspecified atom stereocenters. The molecular weight excluding hydrogens is 362 g/mol. The number of nitrogens with zero attached hydrogens (tertiary/aromatic N) is 2. The summed E-state index contributed by atoms with van der Waals surface area (Å²) in [4.78, 5) is 32.7. The van der Waals surface area contributed by atoms with E-state index in [4.69, 9.17) is 11.6 Å². The predicted molar refractivity (Wildman–Crippen MR) is 97.9 cm³/mol. The van der Waals surface area contributed by atoms with E-state index in [0.29, 0.717) is 11.6 Å². The summed E-state index contributed by atoms with van der Waals surface area (Å²) in [5.41, 5.74) is -0.0272. The normalized spacial score (nSPS) is 11.7. The molecule has 1 amide bonds. The SMILES string of the molecule is CCC(C)c1ccc(NC(=O)c2cc([N+](=O)[O-])c(Cl)c([N+](=O)[O-])c2)cc1. The number of nitro groups is 2. The maximum atomic E-state index is 12.4. The smallest absolute Gasteiger partial charge is 0.295 e. The average Bonchev–Trinajstić information content (AvgIpc) is 2.61. The van der Waals surface area contributed by atoms with E-state index in [2.05, 4.69) is 19.2 Å². The second-order valence-corrected chi connectivity index (χ2v) is 6.11. The molecule has 136 valence electrons. The molecule has 0 spiro atoms. The van der Waals surface area contributed by atoms with Gasteiger partial charge in [-0.1, -0.05) is 37.6 Å². The summed E-state index contributed by atoms with van der Waals surface area (Å²) < 4.78 is 0. The molecule has 0 radical (unpaired) electrons. The van der Waals surface area contributed by atoms with Gasteiger partial charge in [0.05, 0.1) is 15.4 Å². The average molecular weight is 378 g/mol. The van der Waals surface area contributed by atoms with E-state index in [1.807, 2.05) is 12.1 Å². The van der Waals surface area contributed by atoms with Gasteiger partial charge in [0.2, 0.25) is 0 Å². The molecule has 0 heterocycles. The topological polar surface area (TPSA) is 115 Å². The second kappa shape index (κ2) is 7.92. The molecule has 2 rings (SSSR count). The molecule has 2 aromatic carbocycles. The Balaban J connectivity index is 2.32. The second-order valence-electron chi connectivity index (χ2n) is 5.73. The van der Waals surface area contributed by atoms with E-state index in [0.717, 1.165) is 24.1 Å². The van der Waals surface area contributed by atoms with Crippen LogP contribution < -0.4 is 5.32 Å². The van der Waals surface area contributed by atoms with E-state index in [1.54, 1.807) is 12.1 Å². The van der Waals surface area contributed by atoms with Crippen LogP contribution in [0.5, 0.6) is 0 Å². The van der Waals surface area contributed by atoms with Crippen molar-refractivity contribution >= 4 is 34.6 Å². The molecule has 0 aliphatic heterocycles. The highest BCUT2D eigenvalue weighted by molar-refractivity contribution is 6.35. The van der Waals surface area contributed by atoms with Crippen LogP contribution in [0.25, 0.3) is 0 Å². The highest BCUT2D eigenvalue weighted by Gasteiger charge is 2.27. The number of hydrogen-bond donors (Lipinski definition) is 1. The standard InChI is InChI=1S/C17H16ClN3O5/c1-3-10(2)11-4-6-13(7-5-11)19-17(22)12-8-14(20(23)24)16(18)15(9-12)21(25)26/h4-10H,3H2,1-2H3,(H,19,22). The van der Waals surface area contributed by atoms with Crippen molar-refractivity contribution in [2.45, 2.75) is 26.2 Å². The summed E-state index contributed by atoms with van der Waals surface area (Å²) in [6.07, 6.45) is 0.976. The Morgan fingerprint density at radius 3 is 2.04 bits per heavy atom. The van der Waals surface area contributed by atoms with Gasteiger partial charge in [-0.3, -0.25) is 25.0 Å². The Morgan fingerprint density at radius 1 is 1.12 bits per heavy atom. The van der Waals surface area contributed by atoms with Gasteiger partial charge in [-0.15, -0.1) is 0 Å². The zero-order valence-electron chi connectivity index (χ0n) is 14.1. The molecular formula is C17H16ClN3O5. The highest BCUT2D eigenvalue weighted by atomic mass is 35.5. The Kier molecular flexibility index (Phi) is 5.89. The van der Waals surface area contributed by atoms with Crippen molar-refractivity contribution in [3.63, 3.8) is 0 Å². The molecule has 2 aromatic rings. The molecule has 0 aromatic heterocycles. The number of benzene rings is 2. The lowest BCUT2D eigenvalue weighted by Gasteiger charge is -2.10. The number of halogens is 1. The van der Waals surface area contributed by atoms with E-state index in [1.165, 1.54) is 0 Å². The fourth-order valence-electron chi connectivity index (χ4n) is 2.32. The van der Waals surface area contributed by atoms with Crippen molar-refractivity contribution in [1.29, 1.82) is 0 Å². The van der Waals surface area contributed by atoms with Crippen molar-refractivity contribution in [3.05, 3.63) is 72.8 Å². The quantitative estimate of drug-likeness (QED) is 0.566. The number of hydrogen-bond acceptors (Lipinski definition) is 5. The van der Waals surface area contributed by atoms with Crippen molar-refractivity contribution in [2.24, 2.45) is 0 Å². The molecule has 0 saturated carbocycles. The van der Waals surface area contributed by atoms with Crippen LogP contribution in [0, 0.1) is 20.2 Å². The summed E-state index contributed by atoms with van der Waals surface area (Å²) in [5, 5.41) is 24.0. The van der Waals surface area contributed by atoms with Gasteiger partial charge < -0.3 is 5.32 Å². The lowest BCUT2D eigenvalue weighted by molar-refractivity contribution is -0.393. The van der Waals surface area contributed by atoms with Crippen LogP contribution in [0.4, 0.5) is 17.1 Å². The molecule has 8 nitrogen and oxygen atoms in total. The van der Waals surface area contributed by atoms with Crippen molar-refractivity contribution < 1.29 is 14.6 Å². The van der Waals surface area contributed by atoms with E-state index in [9.17, 15) is 25.0 Å². The number of anilines is 1. The van der Waals surface area contributed by atoms with Crippen LogP contribution >= 0.6 is 11.6 Å². The van der Waals surface area contributed by atoms with Gasteiger partial charge in [0.25, 0.3) is 17.3 Å². The van der Waals surface area contributed by atoms with Crippen molar-refractivity contribution in [2.75, 3.05) is 5.32 Å². The maximum absolute atomic E-state index is 12.4. The molecule has 0 fully saturated rings. The first-order valence-corrected chi connectivity index (χ1v) is 8.16. The molecule has 0 bridgehead atoms. The minimum atomic E-state index is -0.868. The van der Waals surface area contributed by atoms with Crippen LogP contribution in [0.2, 0.25) is 5.02 Å². The lowest BCUT2D eigenvalue weighted by atomic mass is 9.98. The Labute approximate surface area is 154 Å². The van der Waals surface area contributed by atoms with Crippen LogP contribution in [0.15, 0.2) is 36.4 Å². The summed E-state index contributed by atoms with van der Waals surface area (Å²) in [7, 11) is 0. The third-order valence-corrected chi connectivity index (χ3v) is 4.43. The molecule has 1 atom stereocenters. The van der Waals surface area contributed by atoms with Gasteiger partial charge in [0.15, 0.2) is 5.02 Å². The van der Waals surface area contributed by atoms with Gasteiger partial charge in [-0.05, 0) is 30.0 Å². The molecule has 0 aliphatic rings. The molecule has 0 saturated heterocycles. The van der Waals surface area contributed by atoms with Gasteiger partial charge in [0, 0.05) is 17.8 Å². The van der Waals surface area contributed by atoms with Gasteiger partial charge in [-0.2, -0.15) is 0 Å². The van der Waals surface area contributed by atoms with E-state index < -0.39 is 32.2 Å². The minimum Gasteiger partial charge on any atom is -0.322 e. The van der Waals surface area contributed by atoms with Crippen LogP contribution in [-0.2, 0) is 0 Å². The number of nitrogens with one attached hydrogen (secondary N) is 1. The third kappa shape index (κ3) is 4.15. The largest absolute Gasteiger partial charge is 0.322 e. The Hall–Kier alpha value is -3.00. The first kappa shape index (κ1) is 19.3. The summed E-state index contributed by atoms with van der Waals surface area (Å²) in [6.45, 7) is 4.15. The number of carbonyl (C=O) groups is 1. The molecule has 1 N–H and O–H groups in total. The zero-order chi connectivity index (χ0) is 19.4. The molecule has 9 heteroatoms. The van der Waals surface area contributed by atoms with Crippen LogP contribution in [0.3, 0.4) is 0 Å². The first-order chi connectivity index (χ1) is 12.2. The minimum absolute atomic E-state index is 0.223. The van der Waals surface area contributed by atoms with Crippen LogP contribution in [-0.4, -0.2) is 15.8 Å². The fourth-order valence-corrected chi connectivity index (χ4v) is 2.57. The summed E-state index contributed by atoms with van der Waals surface area (Å²) in [6, 6.07) is 8.99. The molecule has 0 aliphatic carbocycles. The lowest BCUT2D eigenvalue weighted by Crippen LogP contribution is -2.13. The number of carbonyl (C=O) groups excluding carboxylic acids is 1. The third-order valence-electron chi connectivity index (χ3n) is 4.04. The van der Waals surface area contributed by atoms with Gasteiger partial charge in [0.1, 0.15) is 0 Å². The predicted octanol–water partition coefficient (Wildman–Crippen LogP) is 4.92. The number of nitro benzene ring substituents is 2. The van der Waals surface area contributed by atoms with Crippen LogP contribution in [0.1, 0.15) is 42.1 Å². The first-order valence-electron chi connectivity index (χ1n) is 7.78. The van der Waals surface area contributed by atoms with Crippen molar-refractivity contribution in [3.8, 4) is 0 Å². The number of rotatable bonds is 6. The maximum Gasteiger partial charge on any atom is 0.295 e. The summed E-state index contributed by atoms with van der Waals surface area (Å²) >= 11 is 5.68. The van der Waals surface area contributed by atoms with E-state index in [-0.39, 0.29) is 5.56 Å². The monoisotopic (exact) mass is 377 g/mol. The Bertz CT molecular complexity index is 832. The number of amides is 1. The van der Waals surface area contributed by atoms with Gasteiger partial charge >= 0.3 is 0 Å². The van der Waals surface area contributed by atoms with E-state index >= 15 is 0 Å². The fraction of sp³-hybridized carbons (Fsp3) is 0.235. The zero-order valence-corrected chi connectivity index (χ0v) is 14.8. The molecule has 26 heavy (non-hydrogen) atoms. The Morgan fingerprint density at radius 2 is 1.62 bits per heavy atom. The highest BCUT2D eigenvalue weighted by Crippen LogP contribution is 2.35. The van der Waals surface area contributed by atoms with Gasteiger partial charge in [-0.25, -0.2) is 0 Å². The van der Waals surface area contributed by atoms with Crippen molar-refractivity contribution in [1.82, 2.24) is 0 Å². The summed E-state index contributed by atoms with van der Waals surface area (Å²) in [5.74, 6) is -0.328.